The summed E-state index contributed by atoms with van der Waals surface area (Å²) in [5.41, 5.74) is 3.11. The Morgan fingerprint density at radius 2 is 1.79 bits per heavy atom. The van der Waals surface area contributed by atoms with Crippen LogP contribution < -0.4 is 0 Å². The van der Waals surface area contributed by atoms with E-state index < -0.39 is 0 Å². The van der Waals surface area contributed by atoms with E-state index in [9.17, 15) is 9.59 Å². The first-order chi connectivity index (χ1) is 9.13. The zero-order chi connectivity index (χ0) is 13.8. The summed E-state index contributed by atoms with van der Waals surface area (Å²) in [6.45, 7) is 4.52. The van der Waals surface area contributed by atoms with Gasteiger partial charge >= 0.3 is 0 Å². The summed E-state index contributed by atoms with van der Waals surface area (Å²) in [5, 5.41) is 0. The highest BCUT2D eigenvalue weighted by molar-refractivity contribution is 5.98. The number of benzene rings is 1. The number of rotatable bonds is 4. The van der Waals surface area contributed by atoms with Gasteiger partial charge in [0.15, 0.2) is 5.78 Å². The van der Waals surface area contributed by atoms with E-state index in [4.69, 9.17) is 4.74 Å². The van der Waals surface area contributed by atoms with Crippen LogP contribution in [0.1, 0.15) is 37.0 Å². The van der Waals surface area contributed by atoms with Crippen molar-refractivity contribution in [3.8, 4) is 0 Å². The van der Waals surface area contributed by atoms with Gasteiger partial charge in [-0.25, -0.2) is 0 Å². The van der Waals surface area contributed by atoms with Crippen LogP contribution in [0, 0.1) is 5.92 Å². The lowest BCUT2D eigenvalue weighted by atomic mass is 9.79. The first kappa shape index (κ1) is 13.5. The summed E-state index contributed by atoms with van der Waals surface area (Å²) in [6.07, 6.45) is 0.972. The van der Waals surface area contributed by atoms with Crippen LogP contribution in [0.5, 0.6) is 0 Å². The van der Waals surface area contributed by atoms with E-state index in [1.54, 1.807) is 12.1 Å². The van der Waals surface area contributed by atoms with Crippen LogP contribution in [0.2, 0.25) is 0 Å². The topological polar surface area (TPSA) is 43.4 Å². The van der Waals surface area contributed by atoms with E-state index in [-0.39, 0.29) is 17.8 Å². The Hall–Kier alpha value is -1.90. The second-order valence-electron chi connectivity index (χ2n) is 5.08. The Bertz CT molecular complexity index is 502. The molecule has 1 aromatic carbocycles. The van der Waals surface area contributed by atoms with Crippen LogP contribution in [-0.2, 0) is 9.53 Å². The zero-order valence-electron chi connectivity index (χ0n) is 11.3. The minimum Gasteiger partial charge on any atom is -0.463 e. The van der Waals surface area contributed by atoms with Crippen LogP contribution in [0.15, 0.2) is 41.5 Å². The van der Waals surface area contributed by atoms with E-state index in [0.717, 1.165) is 0 Å². The summed E-state index contributed by atoms with van der Waals surface area (Å²) in [6, 6.07) is 9.19. The first-order valence-electron chi connectivity index (χ1n) is 6.47. The largest absolute Gasteiger partial charge is 0.463 e. The second-order valence-corrected chi connectivity index (χ2v) is 5.08. The highest BCUT2D eigenvalue weighted by Gasteiger charge is 2.34. The van der Waals surface area contributed by atoms with Gasteiger partial charge in [-0.05, 0) is 20.3 Å². The van der Waals surface area contributed by atoms with Crippen molar-refractivity contribution in [1.29, 1.82) is 0 Å². The maximum atomic E-state index is 12.5. The summed E-state index contributed by atoms with van der Waals surface area (Å²) < 4.78 is 5.12. The van der Waals surface area contributed by atoms with Gasteiger partial charge in [0.05, 0.1) is 5.92 Å². The van der Waals surface area contributed by atoms with Crippen molar-refractivity contribution < 1.29 is 14.3 Å². The molecule has 3 heteroatoms. The molecule has 19 heavy (non-hydrogen) atoms. The molecule has 1 aliphatic rings. The van der Waals surface area contributed by atoms with Crippen molar-refractivity contribution in [2.24, 2.45) is 5.92 Å². The second kappa shape index (κ2) is 5.83. The van der Waals surface area contributed by atoms with Gasteiger partial charge in [-0.2, -0.15) is 0 Å². The summed E-state index contributed by atoms with van der Waals surface area (Å²) in [5.74, 6) is -0.212. The molecule has 100 valence electrons. The number of carbonyl (C=O) groups excluding carboxylic acids is 2. The minimum atomic E-state index is -0.339. The first-order valence-corrected chi connectivity index (χ1v) is 6.47. The van der Waals surface area contributed by atoms with Gasteiger partial charge in [0.25, 0.3) is 6.47 Å². The fraction of sp³-hybridized carbons (Fsp3) is 0.375. The average Bonchev–Trinajstić information content (AvgIpc) is 2.43. The lowest BCUT2D eigenvalue weighted by Gasteiger charge is -2.30. The number of ketones is 1. The highest BCUT2D eigenvalue weighted by Crippen LogP contribution is 2.33. The third kappa shape index (κ3) is 2.92. The molecular formula is C16H18O3. The molecule has 0 amide bonds. The summed E-state index contributed by atoms with van der Waals surface area (Å²) in [7, 11) is 0. The van der Waals surface area contributed by atoms with Crippen LogP contribution in [-0.4, -0.2) is 18.4 Å². The molecule has 2 rings (SSSR count). The van der Waals surface area contributed by atoms with Crippen LogP contribution in [0.3, 0.4) is 0 Å². The predicted octanol–water partition coefficient (Wildman–Crippen LogP) is 3.16. The van der Waals surface area contributed by atoms with Gasteiger partial charge < -0.3 is 4.74 Å². The third-order valence-electron chi connectivity index (χ3n) is 3.84. The van der Waals surface area contributed by atoms with Crippen molar-refractivity contribution in [3.63, 3.8) is 0 Å². The van der Waals surface area contributed by atoms with Gasteiger partial charge in [-0.3, -0.25) is 9.59 Å². The SMILES string of the molecule is CC1=C(C)CC(C(=O)c2ccccc2)C(OC=O)C1. The van der Waals surface area contributed by atoms with E-state index in [1.165, 1.54) is 11.1 Å². The van der Waals surface area contributed by atoms with E-state index in [1.807, 2.05) is 32.0 Å². The monoisotopic (exact) mass is 258 g/mol. The lowest BCUT2D eigenvalue weighted by Crippen LogP contribution is -2.34. The smallest absolute Gasteiger partial charge is 0.293 e. The van der Waals surface area contributed by atoms with Crippen molar-refractivity contribution in [2.75, 3.05) is 0 Å². The van der Waals surface area contributed by atoms with Crippen molar-refractivity contribution >= 4 is 12.3 Å². The van der Waals surface area contributed by atoms with Crippen molar-refractivity contribution in [3.05, 3.63) is 47.0 Å². The quantitative estimate of drug-likeness (QED) is 0.473. The van der Waals surface area contributed by atoms with Gasteiger partial charge in [0.1, 0.15) is 6.10 Å². The fourth-order valence-corrected chi connectivity index (χ4v) is 2.55. The van der Waals surface area contributed by atoms with Gasteiger partial charge in [0, 0.05) is 12.0 Å². The normalized spacial score (nSPS) is 23.1. The molecule has 0 saturated heterocycles. The number of Topliss-reactive ketones (excluding diaryl/α,β-unsaturated/α-hetero) is 1. The van der Waals surface area contributed by atoms with Crippen molar-refractivity contribution in [2.45, 2.75) is 32.8 Å². The Labute approximate surface area is 113 Å². The van der Waals surface area contributed by atoms with Crippen molar-refractivity contribution in [1.82, 2.24) is 0 Å². The summed E-state index contributed by atoms with van der Waals surface area (Å²) >= 11 is 0. The Balaban J connectivity index is 2.26. The molecule has 2 unspecified atom stereocenters. The Morgan fingerprint density at radius 3 is 2.42 bits per heavy atom. The molecule has 2 atom stereocenters. The molecule has 0 aliphatic heterocycles. The van der Waals surface area contributed by atoms with Crippen LogP contribution in [0.25, 0.3) is 0 Å². The number of ether oxygens (including phenoxy) is 1. The molecule has 3 nitrogen and oxygen atoms in total. The molecule has 0 fully saturated rings. The molecule has 1 aromatic rings. The molecule has 0 N–H and O–H groups in total. The molecule has 0 saturated carbocycles. The predicted molar refractivity (Wildman–Crippen MR) is 72.8 cm³/mol. The molecule has 0 spiro atoms. The zero-order valence-corrected chi connectivity index (χ0v) is 11.3. The molecule has 0 aromatic heterocycles. The number of hydrogen-bond acceptors (Lipinski definition) is 3. The standard InChI is InChI=1S/C16H18O3/c1-11-8-14(15(19-10-17)9-12(11)2)16(18)13-6-4-3-5-7-13/h3-7,10,14-15H,8-9H2,1-2H3. The van der Waals surface area contributed by atoms with E-state index >= 15 is 0 Å². The molecule has 0 heterocycles. The molecule has 0 radical (unpaired) electrons. The van der Waals surface area contributed by atoms with Crippen LogP contribution >= 0.6 is 0 Å². The molecule has 0 bridgehead atoms. The van der Waals surface area contributed by atoms with Gasteiger partial charge in [-0.15, -0.1) is 0 Å². The minimum absolute atomic E-state index is 0.0549. The Morgan fingerprint density at radius 1 is 1.16 bits per heavy atom. The van der Waals surface area contributed by atoms with Gasteiger partial charge in [0.2, 0.25) is 0 Å². The highest BCUT2D eigenvalue weighted by atomic mass is 16.5. The van der Waals surface area contributed by atoms with Crippen LogP contribution in [0.4, 0.5) is 0 Å². The maximum absolute atomic E-state index is 12.5. The van der Waals surface area contributed by atoms with Gasteiger partial charge in [-0.1, -0.05) is 41.5 Å². The number of carbonyl (C=O) groups is 2. The van der Waals surface area contributed by atoms with E-state index in [2.05, 4.69) is 0 Å². The number of allylic oxidation sites excluding steroid dienone is 1. The summed E-state index contributed by atoms with van der Waals surface area (Å²) in [4.78, 5) is 23.1. The third-order valence-corrected chi connectivity index (χ3v) is 3.84. The fourth-order valence-electron chi connectivity index (χ4n) is 2.55. The number of hydrogen-bond donors (Lipinski definition) is 0. The Kier molecular flexibility index (Phi) is 4.15. The average molecular weight is 258 g/mol. The molecule has 1 aliphatic carbocycles. The molecular weight excluding hydrogens is 240 g/mol. The van der Waals surface area contributed by atoms with E-state index in [0.29, 0.717) is 24.9 Å². The maximum Gasteiger partial charge on any atom is 0.293 e. The lowest BCUT2D eigenvalue weighted by molar-refractivity contribution is -0.135.